The van der Waals surface area contributed by atoms with E-state index in [0.717, 1.165) is 22.6 Å². The Morgan fingerprint density at radius 2 is 1.66 bits per heavy atom. The number of nitriles is 1. The van der Waals surface area contributed by atoms with Gasteiger partial charge < -0.3 is 4.98 Å². The maximum atomic E-state index is 14.3. The van der Waals surface area contributed by atoms with Gasteiger partial charge in [-0.2, -0.15) is 9.57 Å². The molecule has 0 aliphatic carbocycles. The Labute approximate surface area is 231 Å². The van der Waals surface area contributed by atoms with Crippen molar-refractivity contribution in [2.75, 3.05) is 13.1 Å². The molecule has 1 aliphatic heterocycles. The average Bonchev–Trinajstić information content (AvgIpc) is 3.27. The second-order valence-electron chi connectivity index (χ2n) is 10.2. The number of sulfonamides is 1. The molecule has 1 saturated heterocycles. The third-order valence-corrected chi connectivity index (χ3v) is 7.50. The Hall–Kier alpha value is -2.77. The Kier molecular flexibility index (Phi) is 10.6. The van der Waals surface area contributed by atoms with E-state index in [1.165, 1.54) is 30.3 Å². The molecule has 0 spiro atoms. The number of H-pyrrole nitrogens is 1. The summed E-state index contributed by atoms with van der Waals surface area (Å²) in [5, 5.41) is 10.0. The van der Waals surface area contributed by atoms with Crippen molar-refractivity contribution in [2.24, 2.45) is 5.41 Å². The van der Waals surface area contributed by atoms with E-state index in [9.17, 15) is 27.3 Å². The molecule has 0 radical (unpaired) electrons. The Bertz CT molecular complexity index is 1420. The van der Waals surface area contributed by atoms with E-state index in [2.05, 4.69) is 38.7 Å². The van der Waals surface area contributed by atoms with Crippen molar-refractivity contribution < 1.29 is 17.2 Å². The topological polar surface area (TPSA) is 94.0 Å². The quantitative estimate of drug-likeness (QED) is 0.378. The molecule has 204 valence electrons. The fourth-order valence-corrected chi connectivity index (χ4v) is 5.14. The summed E-state index contributed by atoms with van der Waals surface area (Å²) in [5.41, 5.74) is -1.09. The summed E-state index contributed by atoms with van der Waals surface area (Å²) in [4.78, 5) is 13.3. The highest BCUT2D eigenvalue weighted by atomic mass is 35.5. The summed E-state index contributed by atoms with van der Waals surface area (Å²) in [7, 11) is -3.90. The van der Waals surface area contributed by atoms with E-state index in [4.69, 9.17) is 23.2 Å². The number of rotatable bonds is 3. The molecule has 1 aromatic heterocycles. The Balaban J connectivity index is 0.000000320. The Morgan fingerprint density at radius 3 is 2.13 bits per heavy atom. The zero-order valence-corrected chi connectivity index (χ0v) is 23.8. The first-order valence-electron chi connectivity index (χ1n) is 11.5. The molecular formula is C27H29Cl2F2N3O3S. The minimum Gasteiger partial charge on any atom is -0.328 e. The van der Waals surface area contributed by atoms with Crippen LogP contribution in [0.5, 0.6) is 0 Å². The van der Waals surface area contributed by atoms with Crippen LogP contribution in [0.2, 0.25) is 10.0 Å². The van der Waals surface area contributed by atoms with Gasteiger partial charge in [0.25, 0.3) is 0 Å². The normalized spacial score (nSPS) is 17.4. The Morgan fingerprint density at radius 1 is 1.03 bits per heavy atom. The lowest BCUT2D eigenvalue weighted by Crippen LogP contribution is -2.34. The number of benzene rings is 2. The number of nitrogens with zero attached hydrogens (tertiary/aromatic N) is 2. The molecule has 4 rings (SSSR count). The van der Waals surface area contributed by atoms with Crippen molar-refractivity contribution in [1.82, 2.24) is 9.29 Å². The zero-order chi connectivity index (χ0) is 28.7. The van der Waals surface area contributed by atoms with Crippen LogP contribution in [0.1, 0.15) is 39.7 Å². The van der Waals surface area contributed by atoms with Crippen LogP contribution in [0.15, 0.2) is 70.5 Å². The SMILES string of the molecule is CC(C)(C)C.Fc1ccccc1Cl.N#CC1(c2ccc(Cl)cc2F)CCN(S(=O)(=O)c2ccc(=O)[nH]c2)C1. The molecule has 0 bridgehead atoms. The van der Waals surface area contributed by atoms with Crippen molar-refractivity contribution >= 4 is 33.2 Å². The van der Waals surface area contributed by atoms with Crippen molar-refractivity contribution in [3.8, 4) is 6.07 Å². The molecule has 1 aliphatic rings. The predicted molar refractivity (Wildman–Crippen MR) is 146 cm³/mol. The van der Waals surface area contributed by atoms with Gasteiger partial charge >= 0.3 is 0 Å². The standard InChI is InChI=1S/C16H13ClFN3O3S.C6H4ClF.C5H12/c17-11-1-3-13(14(18)7-11)16(9-19)5-6-21(10-16)25(23,24)12-2-4-15(22)20-8-12;7-5-3-1-2-4-6(5)8;1-5(2,3)4/h1-4,7-8H,5-6,10H2,(H,20,22);1-4H;1-4H3. The molecular weight excluding hydrogens is 555 g/mol. The van der Waals surface area contributed by atoms with E-state index in [0.29, 0.717) is 5.41 Å². The summed E-state index contributed by atoms with van der Waals surface area (Å²) in [5.74, 6) is -1.01. The summed E-state index contributed by atoms with van der Waals surface area (Å²) < 4.78 is 53.0. The summed E-state index contributed by atoms with van der Waals surface area (Å²) in [6.07, 6.45) is 1.26. The first kappa shape index (κ1) is 31.4. The number of hydrogen-bond acceptors (Lipinski definition) is 4. The minimum atomic E-state index is -3.90. The van der Waals surface area contributed by atoms with Crippen molar-refractivity contribution in [3.63, 3.8) is 0 Å². The fraction of sp³-hybridized carbons (Fsp3) is 0.333. The summed E-state index contributed by atoms with van der Waals surface area (Å²) >= 11 is 11.1. The van der Waals surface area contributed by atoms with Gasteiger partial charge in [0.1, 0.15) is 17.0 Å². The van der Waals surface area contributed by atoms with Crippen LogP contribution in [0, 0.1) is 28.4 Å². The van der Waals surface area contributed by atoms with Gasteiger partial charge in [0.05, 0.1) is 16.0 Å². The third kappa shape index (κ3) is 8.63. The van der Waals surface area contributed by atoms with E-state index < -0.39 is 26.8 Å². The molecule has 0 amide bonds. The van der Waals surface area contributed by atoms with Gasteiger partial charge in [-0.1, -0.05) is 69.1 Å². The average molecular weight is 585 g/mol. The van der Waals surface area contributed by atoms with Crippen molar-refractivity contribution in [2.45, 2.75) is 44.4 Å². The minimum absolute atomic E-state index is 0.0666. The monoisotopic (exact) mass is 583 g/mol. The maximum Gasteiger partial charge on any atom is 0.247 e. The number of hydrogen-bond donors (Lipinski definition) is 1. The molecule has 2 aromatic carbocycles. The van der Waals surface area contributed by atoms with Crippen LogP contribution in [-0.2, 0) is 15.4 Å². The van der Waals surface area contributed by atoms with Crippen LogP contribution in [0.25, 0.3) is 0 Å². The lowest BCUT2D eigenvalue weighted by molar-refractivity contribution is 0.452. The van der Waals surface area contributed by atoms with Gasteiger partial charge in [-0.05, 0) is 42.2 Å². The smallest absolute Gasteiger partial charge is 0.247 e. The molecule has 0 saturated carbocycles. The first-order chi connectivity index (χ1) is 17.6. The van der Waals surface area contributed by atoms with Crippen molar-refractivity contribution in [1.29, 1.82) is 5.26 Å². The number of aromatic amines is 1. The molecule has 1 fully saturated rings. The molecule has 38 heavy (non-hydrogen) atoms. The van der Waals surface area contributed by atoms with E-state index in [1.807, 2.05) is 0 Å². The number of aromatic nitrogens is 1. The third-order valence-electron chi connectivity index (χ3n) is 5.11. The van der Waals surface area contributed by atoms with E-state index in [1.54, 1.807) is 12.1 Å². The molecule has 1 N–H and O–H groups in total. The molecule has 1 atom stereocenters. The highest BCUT2D eigenvalue weighted by Crippen LogP contribution is 2.38. The number of pyridine rings is 1. The van der Waals surface area contributed by atoms with Gasteiger partial charge in [-0.25, -0.2) is 17.2 Å². The van der Waals surface area contributed by atoms with Crippen LogP contribution in [0.4, 0.5) is 8.78 Å². The molecule has 6 nitrogen and oxygen atoms in total. The summed E-state index contributed by atoms with van der Waals surface area (Å²) in [6.45, 7) is 8.64. The van der Waals surface area contributed by atoms with Gasteiger partial charge in [-0.15, -0.1) is 0 Å². The second kappa shape index (κ2) is 12.9. The van der Waals surface area contributed by atoms with Gasteiger partial charge in [0, 0.05) is 35.9 Å². The lowest BCUT2D eigenvalue weighted by Gasteiger charge is -2.23. The largest absolute Gasteiger partial charge is 0.328 e. The number of nitrogens with one attached hydrogen (secondary N) is 1. The molecule has 1 unspecified atom stereocenters. The number of halogens is 4. The summed E-state index contributed by atoms with van der Waals surface area (Å²) in [6, 6.07) is 14.5. The highest BCUT2D eigenvalue weighted by molar-refractivity contribution is 7.89. The van der Waals surface area contributed by atoms with Crippen LogP contribution in [0.3, 0.4) is 0 Å². The first-order valence-corrected chi connectivity index (χ1v) is 13.7. The predicted octanol–water partition coefficient (Wildman–Crippen LogP) is 6.55. The van der Waals surface area contributed by atoms with Crippen LogP contribution < -0.4 is 5.56 Å². The lowest BCUT2D eigenvalue weighted by atomic mass is 9.81. The van der Waals surface area contributed by atoms with E-state index in [-0.39, 0.29) is 45.8 Å². The maximum absolute atomic E-state index is 14.3. The fourth-order valence-electron chi connectivity index (χ4n) is 3.37. The van der Waals surface area contributed by atoms with Crippen LogP contribution in [-0.4, -0.2) is 30.8 Å². The zero-order valence-electron chi connectivity index (χ0n) is 21.4. The molecule has 11 heteroatoms. The van der Waals surface area contributed by atoms with Gasteiger partial charge in [0.15, 0.2) is 0 Å². The second-order valence-corrected chi connectivity index (χ2v) is 13.0. The van der Waals surface area contributed by atoms with E-state index >= 15 is 0 Å². The van der Waals surface area contributed by atoms with Crippen LogP contribution >= 0.6 is 23.2 Å². The van der Waals surface area contributed by atoms with Gasteiger partial charge in [0.2, 0.25) is 15.6 Å². The highest BCUT2D eigenvalue weighted by Gasteiger charge is 2.46. The molecule has 3 aromatic rings. The van der Waals surface area contributed by atoms with Crippen molar-refractivity contribution in [3.05, 3.63) is 98.4 Å². The molecule has 2 heterocycles. The van der Waals surface area contributed by atoms with Gasteiger partial charge in [-0.3, -0.25) is 4.79 Å².